The van der Waals surface area contributed by atoms with Crippen LogP contribution in [0.15, 0.2) is 23.0 Å². The predicted molar refractivity (Wildman–Crippen MR) is 58.8 cm³/mol. The minimum absolute atomic E-state index is 0.0361. The van der Waals surface area contributed by atoms with E-state index in [0.29, 0.717) is 0 Å². The molecular formula is C11H13NO6. The lowest BCUT2D eigenvalue weighted by molar-refractivity contribution is -0.142. The lowest BCUT2D eigenvalue weighted by Crippen LogP contribution is -2.41. The molecule has 0 aliphatic rings. The van der Waals surface area contributed by atoms with Crippen molar-refractivity contribution in [3.8, 4) is 0 Å². The number of carboxylic acid groups (broad SMARTS) is 1. The highest BCUT2D eigenvalue weighted by Crippen LogP contribution is 2.04. The number of nitrogens with one attached hydrogen (secondary N) is 1. The Kier molecular flexibility index (Phi) is 4.91. The van der Waals surface area contributed by atoms with Gasteiger partial charge in [0.15, 0.2) is 0 Å². The molecule has 1 atom stereocenters. The van der Waals surface area contributed by atoms with Gasteiger partial charge in [-0.15, -0.1) is 0 Å². The Bertz CT molecular complexity index is 425. The van der Waals surface area contributed by atoms with E-state index in [-0.39, 0.29) is 18.4 Å². The molecule has 7 heteroatoms. The number of methoxy groups -OCH3 is 1. The average Bonchev–Trinajstić information content (AvgIpc) is 2.87. The molecule has 0 saturated heterocycles. The van der Waals surface area contributed by atoms with Crippen LogP contribution in [0.5, 0.6) is 0 Å². The summed E-state index contributed by atoms with van der Waals surface area (Å²) < 4.78 is 9.11. The first-order valence-corrected chi connectivity index (χ1v) is 5.17. The molecule has 18 heavy (non-hydrogen) atoms. The second-order valence-electron chi connectivity index (χ2n) is 3.49. The van der Waals surface area contributed by atoms with Crippen LogP contribution < -0.4 is 5.32 Å². The number of carbonyl (C=O) groups is 3. The summed E-state index contributed by atoms with van der Waals surface area (Å²) in [4.78, 5) is 33.4. The van der Waals surface area contributed by atoms with Crippen LogP contribution in [-0.4, -0.2) is 36.1 Å². The van der Waals surface area contributed by atoms with E-state index in [4.69, 9.17) is 9.52 Å². The maximum atomic E-state index is 11.6. The predicted octanol–water partition coefficient (Wildman–Crippen LogP) is 0.416. The molecule has 0 saturated carbocycles. The van der Waals surface area contributed by atoms with E-state index in [1.807, 2.05) is 0 Å². The van der Waals surface area contributed by atoms with Crippen LogP contribution in [0.25, 0.3) is 0 Å². The molecule has 0 unspecified atom stereocenters. The van der Waals surface area contributed by atoms with Crippen LogP contribution in [0, 0.1) is 0 Å². The number of aliphatic carboxylic acids is 1. The van der Waals surface area contributed by atoms with Gasteiger partial charge < -0.3 is 19.6 Å². The molecule has 7 nitrogen and oxygen atoms in total. The van der Waals surface area contributed by atoms with Crippen LogP contribution >= 0.6 is 0 Å². The van der Waals surface area contributed by atoms with E-state index in [9.17, 15) is 14.4 Å². The van der Waals surface area contributed by atoms with Gasteiger partial charge in [-0.25, -0.2) is 4.79 Å². The Morgan fingerprint density at radius 2 is 2.22 bits per heavy atom. The van der Waals surface area contributed by atoms with Gasteiger partial charge in [-0.3, -0.25) is 9.59 Å². The van der Waals surface area contributed by atoms with Gasteiger partial charge in [-0.05, 0) is 12.5 Å². The molecule has 0 fully saturated rings. The maximum Gasteiger partial charge on any atom is 0.326 e. The largest absolute Gasteiger partial charge is 0.480 e. The number of amides is 1. The van der Waals surface area contributed by atoms with Gasteiger partial charge in [0.25, 0.3) is 5.91 Å². The first kappa shape index (κ1) is 13.8. The summed E-state index contributed by atoms with van der Waals surface area (Å²) >= 11 is 0. The highest BCUT2D eigenvalue weighted by molar-refractivity contribution is 5.96. The van der Waals surface area contributed by atoms with Crippen LogP contribution in [0.3, 0.4) is 0 Å². The third-order valence-corrected chi connectivity index (χ3v) is 2.25. The molecule has 0 radical (unpaired) electrons. The number of furan rings is 1. The Labute approximate surface area is 103 Å². The topological polar surface area (TPSA) is 106 Å². The van der Waals surface area contributed by atoms with E-state index in [1.165, 1.54) is 25.7 Å². The lowest BCUT2D eigenvalue weighted by Gasteiger charge is -2.12. The second kappa shape index (κ2) is 6.43. The van der Waals surface area contributed by atoms with Crippen LogP contribution in [0.1, 0.15) is 23.2 Å². The number of esters is 1. The molecule has 1 aromatic heterocycles. The minimum Gasteiger partial charge on any atom is -0.480 e. The second-order valence-corrected chi connectivity index (χ2v) is 3.49. The number of carboxylic acids is 1. The molecule has 1 heterocycles. The fraction of sp³-hybridized carbons (Fsp3) is 0.364. The van der Waals surface area contributed by atoms with Crippen molar-refractivity contribution < 1.29 is 28.6 Å². The average molecular weight is 255 g/mol. The van der Waals surface area contributed by atoms with E-state index in [2.05, 4.69) is 10.1 Å². The molecule has 1 amide bonds. The number of hydrogen-bond acceptors (Lipinski definition) is 5. The van der Waals surface area contributed by atoms with Gasteiger partial charge in [0.05, 0.1) is 18.9 Å². The summed E-state index contributed by atoms with van der Waals surface area (Å²) in [5, 5.41) is 11.2. The molecule has 0 spiro atoms. The van der Waals surface area contributed by atoms with Crippen LogP contribution in [0.2, 0.25) is 0 Å². The van der Waals surface area contributed by atoms with E-state index < -0.39 is 23.9 Å². The third kappa shape index (κ3) is 3.93. The van der Waals surface area contributed by atoms with Crippen molar-refractivity contribution in [2.45, 2.75) is 18.9 Å². The van der Waals surface area contributed by atoms with Crippen molar-refractivity contribution in [2.75, 3.05) is 7.11 Å². The summed E-state index contributed by atoms with van der Waals surface area (Å²) in [7, 11) is 1.21. The highest BCUT2D eigenvalue weighted by Gasteiger charge is 2.22. The maximum absolute atomic E-state index is 11.6. The summed E-state index contributed by atoms with van der Waals surface area (Å²) in [5.41, 5.74) is 0.222. The molecule has 1 aromatic rings. The highest BCUT2D eigenvalue weighted by atomic mass is 16.5. The van der Waals surface area contributed by atoms with Gasteiger partial charge in [-0.1, -0.05) is 0 Å². The third-order valence-electron chi connectivity index (χ3n) is 2.25. The van der Waals surface area contributed by atoms with E-state index in [0.717, 1.165) is 0 Å². The fourth-order valence-corrected chi connectivity index (χ4v) is 1.26. The fourth-order valence-electron chi connectivity index (χ4n) is 1.26. The summed E-state index contributed by atoms with van der Waals surface area (Å²) in [6.45, 7) is 0. The summed E-state index contributed by atoms with van der Waals surface area (Å²) in [5.74, 6) is -2.31. The number of carbonyl (C=O) groups excluding carboxylic acids is 2. The van der Waals surface area contributed by atoms with Gasteiger partial charge in [0.1, 0.15) is 12.3 Å². The van der Waals surface area contributed by atoms with Crippen molar-refractivity contribution in [3.05, 3.63) is 24.2 Å². The summed E-state index contributed by atoms with van der Waals surface area (Å²) in [6, 6.07) is 0.265. The smallest absolute Gasteiger partial charge is 0.326 e. The molecule has 0 aromatic carbocycles. The molecule has 0 bridgehead atoms. The van der Waals surface area contributed by atoms with Gasteiger partial charge in [-0.2, -0.15) is 0 Å². The van der Waals surface area contributed by atoms with Crippen molar-refractivity contribution in [1.29, 1.82) is 0 Å². The molecular weight excluding hydrogens is 242 g/mol. The van der Waals surface area contributed by atoms with Crippen LogP contribution in [-0.2, 0) is 14.3 Å². The zero-order chi connectivity index (χ0) is 13.5. The molecule has 0 aliphatic carbocycles. The Hall–Kier alpha value is -2.31. The lowest BCUT2D eigenvalue weighted by atomic mass is 10.1. The number of rotatable bonds is 6. The Morgan fingerprint density at radius 1 is 1.50 bits per heavy atom. The normalized spacial score (nSPS) is 11.6. The van der Waals surface area contributed by atoms with Crippen molar-refractivity contribution in [3.63, 3.8) is 0 Å². The summed E-state index contributed by atoms with van der Waals surface area (Å²) in [6.07, 6.45) is 2.39. The van der Waals surface area contributed by atoms with Crippen molar-refractivity contribution in [1.82, 2.24) is 5.32 Å². The van der Waals surface area contributed by atoms with E-state index >= 15 is 0 Å². The SMILES string of the molecule is COC(=O)CC[C@H](NC(=O)c1ccoc1)C(=O)O. The van der Waals surface area contributed by atoms with Gasteiger partial charge >= 0.3 is 11.9 Å². The first-order chi connectivity index (χ1) is 8.54. The minimum atomic E-state index is -1.21. The monoisotopic (exact) mass is 255 g/mol. The van der Waals surface area contributed by atoms with Gasteiger partial charge in [0.2, 0.25) is 0 Å². The van der Waals surface area contributed by atoms with Crippen molar-refractivity contribution in [2.24, 2.45) is 0 Å². The first-order valence-electron chi connectivity index (χ1n) is 5.17. The van der Waals surface area contributed by atoms with Crippen LogP contribution in [0.4, 0.5) is 0 Å². The Balaban J connectivity index is 2.55. The number of hydrogen-bond donors (Lipinski definition) is 2. The molecule has 2 N–H and O–H groups in total. The standard InChI is InChI=1S/C11H13NO6/c1-17-9(13)3-2-8(11(15)16)12-10(14)7-4-5-18-6-7/h4-6,8H,2-3H2,1H3,(H,12,14)(H,15,16)/t8-/m0/s1. The zero-order valence-corrected chi connectivity index (χ0v) is 9.71. The Morgan fingerprint density at radius 3 is 2.72 bits per heavy atom. The zero-order valence-electron chi connectivity index (χ0n) is 9.71. The van der Waals surface area contributed by atoms with E-state index in [1.54, 1.807) is 0 Å². The molecule has 98 valence electrons. The van der Waals surface area contributed by atoms with Crippen molar-refractivity contribution >= 4 is 17.8 Å². The number of ether oxygens (including phenoxy) is 1. The van der Waals surface area contributed by atoms with Gasteiger partial charge in [0, 0.05) is 6.42 Å². The molecule has 1 rings (SSSR count). The molecule has 0 aliphatic heterocycles. The quantitative estimate of drug-likeness (QED) is 0.713.